The summed E-state index contributed by atoms with van der Waals surface area (Å²) in [5, 5.41) is 5.00. The van der Waals surface area contributed by atoms with Crippen LogP contribution in [0.1, 0.15) is 22.7 Å². The summed E-state index contributed by atoms with van der Waals surface area (Å²) in [6, 6.07) is 10.1. The van der Waals surface area contributed by atoms with E-state index in [9.17, 15) is 4.79 Å². The van der Waals surface area contributed by atoms with Crippen LogP contribution in [-0.4, -0.2) is 15.9 Å². The molecule has 0 aliphatic heterocycles. The zero-order valence-electron chi connectivity index (χ0n) is 11.8. The van der Waals surface area contributed by atoms with Gasteiger partial charge in [-0.15, -0.1) is 11.3 Å². The van der Waals surface area contributed by atoms with Gasteiger partial charge in [0.1, 0.15) is 5.82 Å². The largest absolute Gasteiger partial charge is 0.352 e. The lowest BCUT2D eigenvalue weighted by Gasteiger charge is -2.05. The van der Waals surface area contributed by atoms with Gasteiger partial charge in [-0.25, -0.2) is 4.98 Å². The Bertz CT molecular complexity index is 746. The third-order valence-electron chi connectivity index (χ3n) is 3.33. The SMILES string of the molecule is Cc1nc2ccc(CNC(=O)CCc3cccs3)cc2[nH]1. The first kappa shape index (κ1) is 13.8. The van der Waals surface area contributed by atoms with E-state index in [-0.39, 0.29) is 5.91 Å². The van der Waals surface area contributed by atoms with Crippen molar-refractivity contribution in [3.05, 3.63) is 52.0 Å². The molecule has 3 rings (SSSR count). The Balaban J connectivity index is 1.54. The number of thiophene rings is 1. The predicted octanol–water partition coefficient (Wildman–Crippen LogP) is 3.18. The van der Waals surface area contributed by atoms with Crippen molar-refractivity contribution in [3.8, 4) is 0 Å². The van der Waals surface area contributed by atoms with Crippen molar-refractivity contribution in [1.29, 1.82) is 0 Å². The third kappa shape index (κ3) is 3.49. The summed E-state index contributed by atoms with van der Waals surface area (Å²) in [6.07, 6.45) is 1.34. The number of H-pyrrole nitrogens is 1. The number of carbonyl (C=O) groups excluding carboxylic acids is 1. The van der Waals surface area contributed by atoms with Crippen LogP contribution in [0.5, 0.6) is 0 Å². The molecule has 0 radical (unpaired) electrons. The van der Waals surface area contributed by atoms with Gasteiger partial charge in [-0.05, 0) is 42.5 Å². The van der Waals surface area contributed by atoms with Gasteiger partial charge in [0.15, 0.2) is 0 Å². The highest BCUT2D eigenvalue weighted by Crippen LogP contribution is 2.14. The van der Waals surface area contributed by atoms with Crippen molar-refractivity contribution in [2.45, 2.75) is 26.3 Å². The van der Waals surface area contributed by atoms with Gasteiger partial charge in [0.25, 0.3) is 0 Å². The van der Waals surface area contributed by atoms with Crippen molar-refractivity contribution in [1.82, 2.24) is 15.3 Å². The Morgan fingerprint density at radius 1 is 1.38 bits per heavy atom. The van der Waals surface area contributed by atoms with Crippen molar-refractivity contribution in [2.75, 3.05) is 0 Å². The van der Waals surface area contributed by atoms with Gasteiger partial charge in [0.2, 0.25) is 5.91 Å². The van der Waals surface area contributed by atoms with Gasteiger partial charge in [-0.3, -0.25) is 4.79 Å². The standard InChI is InChI=1S/C16H17N3OS/c1-11-18-14-6-4-12(9-15(14)19-11)10-17-16(20)7-5-13-3-2-8-21-13/h2-4,6,8-9H,5,7,10H2,1H3,(H,17,20)(H,18,19). The van der Waals surface area contributed by atoms with E-state index in [1.807, 2.05) is 36.6 Å². The quantitative estimate of drug-likeness (QED) is 0.760. The molecule has 4 nitrogen and oxygen atoms in total. The molecule has 0 aliphatic rings. The summed E-state index contributed by atoms with van der Waals surface area (Å²) in [5.41, 5.74) is 3.05. The molecule has 2 heterocycles. The van der Waals surface area contributed by atoms with Gasteiger partial charge >= 0.3 is 0 Å². The summed E-state index contributed by atoms with van der Waals surface area (Å²) in [6.45, 7) is 2.49. The van der Waals surface area contributed by atoms with Crippen LogP contribution in [0.25, 0.3) is 11.0 Å². The number of imidazole rings is 1. The number of aryl methyl sites for hydroxylation is 2. The number of aromatic amines is 1. The number of nitrogens with zero attached hydrogens (tertiary/aromatic N) is 1. The van der Waals surface area contributed by atoms with Crippen LogP contribution in [0.15, 0.2) is 35.7 Å². The van der Waals surface area contributed by atoms with Crippen LogP contribution < -0.4 is 5.32 Å². The molecule has 0 fully saturated rings. The molecular formula is C16H17N3OS. The number of carbonyl (C=O) groups is 1. The summed E-state index contributed by atoms with van der Waals surface area (Å²) >= 11 is 1.69. The van der Waals surface area contributed by atoms with Crippen molar-refractivity contribution < 1.29 is 4.79 Å². The van der Waals surface area contributed by atoms with E-state index in [4.69, 9.17) is 0 Å². The molecule has 0 aliphatic carbocycles. The maximum Gasteiger partial charge on any atom is 0.220 e. The van der Waals surface area contributed by atoms with Crippen LogP contribution in [0.4, 0.5) is 0 Å². The molecule has 21 heavy (non-hydrogen) atoms. The lowest BCUT2D eigenvalue weighted by Crippen LogP contribution is -2.22. The average molecular weight is 299 g/mol. The molecule has 5 heteroatoms. The monoisotopic (exact) mass is 299 g/mol. The van der Waals surface area contributed by atoms with Crippen molar-refractivity contribution in [3.63, 3.8) is 0 Å². The summed E-state index contributed by atoms with van der Waals surface area (Å²) < 4.78 is 0. The van der Waals surface area contributed by atoms with E-state index in [1.54, 1.807) is 11.3 Å². The first-order valence-electron chi connectivity index (χ1n) is 6.95. The van der Waals surface area contributed by atoms with Crippen LogP contribution in [-0.2, 0) is 17.8 Å². The topological polar surface area (TPSA) is 57.8 Å². The molecule has 0 saturated heterocycles. The second-order valence-electron chi connectivity index (χ2n) is 5.03. The number of rotatable bonds is 5. The summed E-state index contributed by atoms with van der Waals surface area (Å²) in [7, 11) is 0. The summed E-state index contributed by atoms with van der Waals surface area (Å²) in [4.78, 5) is 20.7. The number of hydrogen-bond donors (Lipinski definition) is 2. The minimum atomic E-state index is 0.0873. The average Bonchev–Trinajstić information content (AvgIpc) is 3.10. The smallest absolute Gasteiger partial charge is 0.220 e. The fourth-order valence-electron chi connectivity index (χ4n) is 2.27. The Labute approximate surface area is 127 Å². The number of nitrogens with one attached hydrogen (secondary N) is 2. The molecule has 3 aromatic rings. The molecule has 1 amide bonds. The predicted molar refractivity (Wildman–Crippen MR) is 85.3 cm³/mol. The van der Waals surface area contributed by atoms with Crippen LogP contribution in [0.3, 0.4) is 0 Å². The molecule has 108 valence electrons. The van der Waals surface area contributed by atoms with Crippen molar-refractivity contribution in [2.24, 2.45) is 0 Å². The minimum Gasteiger partial charge on any atom is -0.352 e. The van der Waals surface area contributed by atoms with E-state index in [0.717, 1.165) is 28.8 Å². The van der Waals surface area contributed by atoms with Gasteiger partial charge in [0.05, 0.1) is 11.0 Å². The first-order chi connectivity index (χ1) is 10.2. The van der Waals surface area contributed by atoms with E-state index < -0.39 is 0 Å². The van der Waals surface area contributed by atoms with Gasteiger partial charge in [-0.1, -0.05) is 12.1 Å². The number of fused-ring (bicyclic) bond motifs is 1. The molecule has 2 N–H and O–H groups in total. The van der Waals surface area contributed by atoms with E-state index in [1.165, 1.54) is 4.88 Å². The lowest BCUT2D eigenvalue weighted by atomic mass is 10.2. The first-order valence-corrected chi connectivity index (χ1v) is 7.83. The van der Waals surface area contributed by atoms with Crippen LogP contribution in [0, 0.1) is 6.92 Å². The summed E-state index contributed by atoms with van der Waals surface area (Å²) in [5.74, 6) is 0.992. The maximum absolute atomic E-state index is 11.9. The van der Waals surface area contributed by atoms with Gasteiger partial charge in [-0.2, -0.15) is 0 Å². The van der Waals surface area contributed by atoms with E-state index in [0.29, 0.717) is 13.0 Å². The molecule has 0 unspecified atom stereocenters. The fraction of sp³-hybridized carbons (Fsp3) is 0.250. The minimum absolute atomic E-state index is 0.0873. The fourth-order valence-corrected chi connectivity index (χ4v) is 2.98. The number of amides is 1. The third-order valence-corrected chi connectivity index (χ3v) is 4.27. The Hall–Kier alpha value is -2.14. The molecule has 0 bridgehead atoms. The molecule has 0 saturated carbocycles. The molecule has 0 spiro atoms. The highest BCUT2D eigenvalue weighted by atomic mass is 32.1. The zero-order valence-corrected chi connectivity index (χ0v) is 12.7. The van der Waals surface area contributed by atoms with E-state index >= 15 is 0 Å². The zero-order chi connectivity index (χ0) is 14.7. The lowest BCUT2D eigenvalue weighted by molar-refractivity contribution is -0.121. The van der Waals surface area contributed by atoms with E-state index in [2.05, 4.69) is 21.4 Å². The Morgan fingerprint density at radius 2 is 2.29 bits per heavy atom. The molecule has 2 aromatic heterocycles. The second-order valence-corrected chi connectivity index (χ2v) is 6.06. The Kier molecular flexibility index (Phi) is 4.01. The number of hydrogen-bond acceptors (Lipinski definition) is 3. The van der Waals surface area contributed by atoms with Gasteiger partial charge in [0, 0.05) is 17.8 Å². The normalized spacial score (nSPS) is 10.9. The van der Waals surface area contributed by atoms with Crippen molar-refractivity contribution >= 4 is 28.3 Å². The molecular weight excluding hydrogens is 282 g/mol. The number of benzene rings is 1. The van der Waals surface area contributed by atoms with Crippen LogP contribution >= 0.6 is 11.3 Å². The van der Waals surface area contributed by atoms with Gasteiger partial charge < -0.3 is 10.3 Å². The maximum atomic E-state index is 11.9. The second kappa shape index (κ2) is 6.10. The molecule has 1 aromatic carbocycles. The Morgan fingerprint density at radius 3 is 3.10 bits per heavy atom. The number of aromatic nitrogens is 2. The molecule has 0 atom stereocenters. The van der Waals surface area contributed by atoms with Crippen LogP contribution in [0.2, 0.25) is 0 Å². The highest BCUT2D eigenvalue weighted by molar-refractivity contribution is 7.09. The highest BCUT2D eigenvalue weighted by Gasteiger charge is 2.05.